The Kier molecular flexibility index (Phi) is 6.40. The molecule has 2 heteroatoms. The van der Waals surface area contributed by atoms with Gasteiger partial charge in [-0.25, -0.2) is 0 Å². The Bertz CT molecular complexity index is 2530. The third-order valence-corrected chi connectivity index (χ3v) is 10.2. The van der Waals surface area contributed by atoms with Crippen molar-refractivity contribution in [1.29, 1.82) is 0 Å². The highest BCUT2D eigenvalue weighted by Crippen LogP contribution is 2.45. The molecule has 9 aromatic rings. The van der Waals surface area contributed by atoms with E-state index in [1.807, 2.05) is 11.3 Å². The summed E-state index contributed by atoms with van der Waals surface area (Å²) in [6.45, 7) is 0. The van der Waals surface area contributed by atoms with Gasteiger partial charge in [-0.15, -0.1) is 11.3 Å². The van der Waals surface area contributed by atoms with Crippen LogP contribution in [0, 0.1) is 0 Å². The quantitative estimate of drug-likeness (QED) is 0.189. The average Bonchev–Trinajstić information content (AvgIpc) is 3.50. The van der Waals surface area contributed by atoms with E-state index in [1.54, 1.807) is 0 Å². The van der Waals surface area contributed by atoms with Gasteiger partial charge in [-0.1, -0.05) is 133 Å². The summed E-state index contributed by atoms with van der Waals surface area (Å²) in [6, 6.07) is 64.0. The van der Waals surface area contributed by atoms with Gasteiger partial charge in [0.15, 0.2) is 0 Å². The minimum Gasteiger partial charge on any atom is -0.309 e. The summed E-state index contributed by atoms with van der Waals surface area (Å²) < 4.78 is 2.64. The topological polar surface area (TPSA) is 3.24 Å². The van der Waals surface area contributed by atoms with Crippen molar-refractivity contribution in [2.45, 2.75) is 0 Å². The van der Waals surface area contributed by atoms with Crippen LogP contribution in [0.25, 0.3) is 64.0 Å². The molecule has 9 rings (SSSR count). The van der Waals surface area contributed by atoms with E-state index in [0.717, 1.165) is 17.1 Å². The van der Waals surface area contributed by atoms with Crippen molar-refractivity contribution in [2.75, 3.05) is 4.90 Å². The molecule has 1 nitrogen and oxygen atoms in total. The number of rotatable bonds is 5. The number of hydrogen-bond acceptors (Lipinski definition) is 2. The maximum atomic E-state index is 2.43. The molecule has 0 unspecified atom stereocenters. The molecule has 0 bridgehead atoms. The first-order valence-electron chi connectivity index (χ1n) is 15.7. The van der Waals surface area contributed by atoms with Crippen LogP contribution in [0.1, 0.15) is 0 Å². The number of nitrogens with zero attached hydrogens (tertiary/aromatic N) is 1. The van der Waals surface area contributed by atoms with Crippen LogP contribution in [0.3, 0.4) is 0 Å². The van der Waals surface area contributed by atoms with E-state index >= 15 is 0 Å². The van der Waals surface area contributed by atoms with Crippen molar-refractivity contribution in [2.24, 2.45) is 0 Å². The van der Waals surface area contributed by atoms with Crippen molar-refractivity contribution in [3.05, 3.63) is 176 Å². The first-order chi connectivity index (χ1) is 22.8. The maximum Gasteiger partial charge on any atom is 0.0540 e. The Hall–Kier alpha value is -5.70. The van der Waals surface area contributed by atoms with Gasteiger partial charge >= 0.3 is 0 Å². The normalized spacial score (nSPS) is 11.5. The Morgan fingerprint density at radius 1 is 0.348 bits per heavy atom. The molecule has 0 aliphatic carbocycles. The first kappa shape index (κ1) is 26.7. The van der Waals surface area contributed by atoms with E-state index in [9.17, 15) is 0 Å². The number of fused-ring (bicyclic) bond motifs is 5. The molecule has 1 aromatic heterocycles. The summed E-state index contributed by atoms with van der Waals surface area (Å²) in [6.07, 6.45) is 0. The summed E-state index contributed by atoms with van der Waals surface area (Å²) in [5.41, 5.74) is 8.27. The minimum atomic E-state index is 1.12. The minimum absolute atomic E-state index is 1.12. The lowest BCUT2D eigenvalue weighted by atomic mass is 9.98. The molecule has 0 N–H and O–H groups in total. The van der Waals surface area contributed by atoms with Crippen molar-refractivity contribution >= 4 is 70.1 Å². The van der Waals surface area contributed by atoms with E-state index in [0.29, 0.717) is 0 Å². The molecular formula is C44H29NS. The van der Waals surface area contributed by atoms with Crippen LogP contribution < -0.4 is 4.90 Å². The van der Waals surface area contributed by atoms with Crippen LogP contribution in [-0.4, -0.2) is 0 Å². The summed E-state index contributed by atoms with van der Waals surface area (Å²) in [7, 11) is 0. The monoisotopic (exact) mass is 603 g/mol. The van der Waals surface area contributed by atoms with Gasteiger partial charge in [0.25, 0.3) is 0 Å². The van der Waals surface area contributed by atoms with Crippen LogP contribution in [0.5, 0.6) is 0 Å². The molecule has 0 fully saturated rings. The Labute approximate surface area is 272 Å². The number of thiophene rings is 1. The molecule has 1 heterocycles. The number of anilines is 3. The Morgan fingerprint density at radius 2 is 0.978 bits per heavy atom. The number of para-hydroxylation sites is 1. The van der Waals surface area contributed by atoms with Gasteiger partial charge in [-0.2, -0.15) is 0 Å². The zero-order valence-electron chi connectivity index (χ0n) is 25.1. The standard InChI is InChI=1S/C44H29NS/c1-2-12-33-28-34(21-20-30(33)10-1)31-22-25-36(26-23-31)45(42-18-9-13-32-11-3-4-14-37(32)42)41-17-7-5-15-38(41)35-24-27-40-39-16-6-8-19-43(39)46-44(40)29-35/h1-29H. The zero-order valence-corrected chi connectivity index (χ0v) is 25.9. The third kappa shape index (κ3) is 4.54. The fraction of sp³-hybridized carbons (Fsp3) is 0. The van der Waals surface area contributed by atoms with Gasteiger partial charge < -0.3 is 4.90 Å². The van der Waals surface area contributed by atoms with Gasteiger partial charge in [-0.3, -0.25) is 0 Å². The fourth-order valence-electron chi connectivity index (χ4n) is 6.79. The lowest BCUT2D eigenvalue weighted by Crippen LogP contribution is -2.11. The highest BCUT2D eigenvalue weighted by molar-refractivity contribution is 7.25. The van der Waals surface area contributed by atoms with Crippen LogP contribution in [0.15, 0.2) is 176 Å². The van der Waals surface area contributed by atoms with Crippen molar-refractivity contribution in [3.63, 3.8) is 0 Å². The Balaban J connectivity index is 1.21. The molecule has 0 saturated heterocycles. The summed E-state index contributed by atoms with van der Waals surface area (Å²) in [5, 5.41) is 7.60. The lowest BCUT2D eigenvalue weighted by Gasteiger charge is -2.29. The third-order valence-electron chi connectivity index (χ3n) is 9.05. The maximum absolute atomic E-state index is 2.43. The van der Waals surface area contributed by atoms with Crippen LogP contribution in [0.4, 0.5) is 17.1 Å². The highest BCUT2D eigenvalue weighted by atomic mass is 32.1. The van der Waals surface area contributed by atoms with Crippen LogP contribution in [0.2, 0.25) is 0 Å². The molecule has 46 heavy (non-hydrogen) atoms. The molecule has 0 spiro atoms. The molecule has 0 amide bonds. The lowest BCUT2D eigenvalue weighted by molar-refractivity contribution is 1.30. The fourth-order valence-corrected chi connectivity index (χ4v) is 7.93. The van der Waals surface area contributed by atoms with Gasteiger partial charge in [-0.05, 0) is 75.3 Å². The molecule has 216 valence electrons. The summed E-state index contributed by atoms with van der Waals surface area (Å²) in [4.78, 5) is 2.43. The zero-order chi connectivity index (χ0) is 30.5. The average molecular weight is 604 g/mol. The Morgan fingerprint density at radius 3 is 1.87 bits per heavy atom. The molecule has 0 aliphatic heterocycles. The summed E-state index contributed by atoms with van der Waals surface area (Å²) in [5.74, 6) is 0. The second-order valence-electron chi connectivity index (χ2n) is 11.8. The second kappa shape index (κ2) is 11.0. The smallest absolute Gasteiger partial charge is 0.0540 e. The largest absolute Gasteiger partial charge is 0.309 e. The molecule has 0 aliphatic rings. The first-order valence-corrected chi connectivity index (χ1v) is 16.5. The second-order valence-corrected chi connectivity index (χ2v) is 12.9. The number of hydrogen-bond donors (Lipinski definition) is 0. The van der Waals surface area contributed by atoms with E-state index in [4.69, 9.17) is 0 Å². The predicted octanol–water partition coefficient (Wildman–Crippen LogP) is 13.2. The van der Waals surface area contributed by atoms with Crippen LogP contribution >= 0.6 is 11.3 Å². The predicted molar refractivity (Wildman–Crippen MR) is 200 cm³/mol. The van der Waals surface area contributed by atoms with Gasteiger partial charge in [0.1, 0.15) is 0 Å². The highest BCUT2D eigenvalue weighted by Gasteiger charge is 2.19. The molecule has 0 atom stereocenters. The van der Waals surface area contributed by atoms with Crippen molar-refractivity contribution in [3.8, 4) is 22.3 Å². The van der Waals surface area contributed by atoms with Gasteiger partial charge in [0.05, 0.1) is 11.4 Å². The van der Waals surface area contributed by atoms with E-state index < -0.39 is 0 Å². The van der Waals surface area contributed by atoms with Gasteiger partial charge in [0, 0.05) is 36.8 Å². The molecule has 0 radical (unpaired) electrons. The van der Waals surface area contributed by atoms with E-state index in [2.05, 4.69) is 181 Å². The molecule has 0 saturated carbocycles. The molecule has 8 aromatic carbocycles. The van der Waals surface area contributed by atoms with E-state index in [1.165, 1.54) is 64.0 Å². The van der Waals surface area contributed by atoms with Crippen molar-refractivity contribution in [1.82, 2.24) is 0 Å². The van der Waals surface area contributed by atoms with E-state index in [-0.39, 0.29) is 0 Å². The number of benzene rings is 8. The summed E-state index contributed by atoms with van der Waals surface area (Å²) >= 11 is 1.87. The van der Waals surface area contributed by atoms with Crippen molar-refractivity contribution < 1.29 is 0 Å². The SMILES string of the molecule is c1ccc(N(c2ccc(-c3ccc4ccccc4c3)cc2)c2cccc3ccccc23)c(-c2ccc3c(c2)sc2ccccc23)c1. The van der Waals surface area contributed by atoms with Gasteiger partial charge in [0.2, 0.25) is 0 Å². The molecular weight excluding hydrogens is 575 g/mol. The van der Waals surface area contributed by atoms with Crippen LogP contribution in [-0.2, 0) is 0 Å².